The fourth-order valence-corrected chi connectivity index (χ4v) is 5.45. The molecule has 1 N–H and O–H groups in total. The number of aromatic nitrogens is 3. The Kier molecular flexibility index (Phi) is 6.59. The van der Waals surface area contributed by atoms with Crippen molar-refractivity contribution in [1.82, 2.24) is 15.0 Å². The largest absolute Gasteiger partial charge is 0.368 e. The maximum Gasteiger partial charge on any atom is 0.236 e. The molecule has 4 aromatic rings. The lowest BCUT2D eigenvalue weighted by Crippen LogP contribution is -2.46. The molecule has 3 heterocycles. The molecule has 0 aliphatic carbocycles. The van der Waals surface area contributed by atoms with Gasteiger partial charge in [0.25, 0.3) is 0 Å². The van der Waals surface area contributed by atoms with E-state index < -0.39 is 0 Å². The second-order valence-corrected chi connectivity index (χ2v) is 10.0. The highest BCUT2D eigenvalue weighted by atomic mass is 32.2. The van der Waals surface area contributed by atoms with Crippen LogP contribution < -0.4 is 15.1 Å². The van der Waals surface area contributed by atoms with Gasteiger partial charge < -0.3 is 15.1 Å². The molecule has 0 unspecified atom stereocenters. The van der Waals surface area contributed by atoms with Crippen molar-refractivity contribution < 1.29 is 9.18 Å². The van der Waals surface area contributed by atoms with Crippen LogP contribution in [-0.4, -0.2) is 52.8 Å². The highest BCUT2D eigenvalue weighted by Gasteiger charge is 2.19. The average molecular weight is 495 g/mol. The summed E-state index contributed by atoms with van der Waals surface area (Å²) in [6.07, 6.45) is 1.54. The minimum absolute atomic E-state index is 0.117. The van der Waals surface area contributed by atoms with E-state index in [9.17, 15) is 9.18 Å². The highest BCUT2D eigenvalue weighted by Crippen LogP contribution is 2.27. The van der Waals surface area contributed by atoms with Crippen LogP contribution in [0.25, 0.3) is 10.2 Å². The first-order chi connectivity index (χ1) is 16.5. The second-order valence-electron chi connectivity index (χ2n) is 7.99. The summed E-state index contributed by atoms with van der Waals surface area (Å²) in [5.41, 5.74) is 3.08. The van der Waals surface area contributed by atoms with Crippen molar-refractivity contribution in [2.45, 2.75) is 11.9 Å². The number of aryl methyl sites for hydroxylation is 1. The van der Waals surface area contributed by atoms with E-state index in [1.54, 1.807) is 0 Å². The zero-order valence-electron chi connectivity index (χ0n) is 18.6. The first-order valence-corrected chi connectivity index (χ1v) is 12.7. The maximum absolute atomic E-state index is 13.2. The van der Waals surface area contributed by atoms with Crippen molar-refractivity contribution in [2.75, 3.05) is 47.0 Å². The molecule has 0 bridgehead atoms. The summed E-state index contributed by atoms with van der Waals surface area (Å²) in [5, 5.41) is 4.24. The van der Waals surface area contributed by atoms with E-state index in [0.29, 0.717) is 5.13 Å². The minimum atomic E-state index is -0.225. The topological polar surface area (TPSA) is 74.2 Å². The molecule has 1 amide bonds. The molecule has 2 aromatic carbocycles. The molecule has 1 saturated heterocycles. The molecule has 174 valence electrons. The van der Waals surface area contributed by atoms with Crippen molar-refractivity contribution in [3.05, 3.63) is 66.2 Å². The van der Waals surface area contributed by atoms with Crippen molar-refractivity contribution in [3.63, 3.8) is 0 Å². The van der Waals surface area contributed by atoms with Gasteiger partial charge in [0, 0.05) is 37.9 Å². The fraction of sp³-hybridized carbons (Fsp3) is 0.250. The lowest BCUT2D eigenvalue weighted by Gasteiger charge is -2.36. The van der Waals surface area contributed by atoms with Crippen molar-refractivity contribution in [2.24, 2.45) is 0 Å². The van der Waals surface area contributed by atoms with Gasteiger partial charge >= 0.3 is 0 Å². The molecular weight excluding hydrogens is 471 g/mol. The van der Waals surface area contributed by atoms with Gasteiger partial charge in [-0.2, -0.15) is 0 Å². The monoisotopic (exact) mass is 494 g/mol. The third-order valence-corrected chi connectivity index (χ3v) is 7.42. The van der Waals surface area contributed by atoms with Gasteiger partial charge in [-0.25, -0.2) is 19.3 Å². The molecule has 1 fully saturated rings. The summed E-state index contributed by atoms with van der Waals surface area (Å²) in [4.78, 5) is 30.1. The Hall–Kier alpha value is -3.24. The van der Waals surface area contributed by atoms with Crippen LogP contribution in [-0.2, 0) is 4.79 Å². The van der Waals surface area contributed by atoms with Crippen LogP contribution in [0.5, 0.6) is 0 Å². The normalized spacial score (nSPS) is 13.9. The van der Waals surface area contributed by atoms with E-state index >= 15 is 0 Å². The van der Waals surface area contributed by atoms with Crippen molar-refractivity contribution in [3.8, 4) is 0 Å². The molecule has 0 atom stereocenters. The number of thiazole rings is 1. The first kappa shape index (κ1) is 22.5. The highest BCUT2D eigenvalue weighted by molar-refractivity contribution is 7.99. The first-order valence-electron chi connectivity index (χ1n) is 10.9. The van der Waals surface area contributed by atoms with Gasteiger partial charge in [0.15, 0.2) is 5.13 Å². The fourth-order valence-electron chi connectivity index (χ4n) is 3.81. The standard InChI is InChI=1S/C24H23FN6OS2/c1-16-2-7-19-20(12-16)34-24(28-19)29-22(32)14-33-23-13-21(26-15-27-23)31-10-8-30(9-11-31)18-5-3-17(25)4-6-18/h2-7,12-13,15H,8-11,14H2,1H3,(H,28,29,32). The van der Waals surface area contributed by atoms with Crippen LogP contribution in [0.3, 0.4) is 0 Å². The Labute approximate surface area is 205 Å². The van der Waals surface area contributed by atoms with Crippen LogP contribution in [0, 0.1) is 12.7 Å². The van der Waals surface area contributed by atoms with Crippen LogP contribution in [0.1, 0.15) is 5.56 Å². The lowest BCUT2D eigenvalue weighted by atomic mass is 10.2. The Morgan fingerprint density at radius 2 is 1.82 bits per heavy atom. The number of halogens is 1. The van der Waals surface area contributed by atoms with E-state index in [1.807, 2.05) is 37.3 Å². The number of nitrogens with zero attached hydrogens (tertiary/aromatic N) is 5. The molecular formula is C24H23FN6OS2. The van der Waals surface area contributed by atoms with E-state index in [1.165, 1.54) is 47.1 Å². The van der Waals surface area contributed by atoms with Gasteiger partial charge in [0.1, 0.15) is 23.0 Å². The number of carbonyl (C=O) groups is 1. The van der Waals surface area contributed by atoms with E-state index in [2.05, 4.69) is 36.1 Å². The third kappa shape index (κ3) is 5.28. The summed E-state index contributed by atoms with van der Waals surface area (Å²) in [7, 11) is 0. The predicted octanol–water partition coefficient (Wildman–Crippen LogP) is 4.59. The molecule has 34 heavy (non-hydrogen) atoms. The number of benzene rings is 2. The predicted molar refractivity (Wildman–Crippen MR) is 137 cm³/mol. The zero-order chi connectivity index (χ0) is 23.5. The molecule has 2 aromatic heterocycles. The van der Waals surface area contributed by atoms with Gasteiger partial charge in [-0.05, 0) is 48.9 Å². The number of thioether (sulfide) groups is 1. The number of rotatable bonds is 6. The number of hydrogen-bond acceptors (Lipinski definition) is 8. The summed E-state index contributed by atoms with van der Waals surface area (Å²) in [6, 6.07) is 14.6. The number of piperazine rings is 1. The van der Waals surface area contributed by atoms with E-state index in [0.717, 1.165) is 52.9 Å². The van der Waals surface area contributed by atoms with Gasteiger partial charge in [-0.15, -0.1) is 0 Å². The summed E-state index contributed by atoms with van der Waals surface area (Å²) in [5.74, 6) is 0.744. The maximum atomic E-state index is 13.2. The van der Waals surface area contributed by atoms with Gasteiger partial charge in [-0.1, -0.05) is 29.2 Å². The third-order valence-electron chi connectivity index (χ3n) is 5.56. The van der Waals surface area contributed by atoms with Crippen molar-refractivity contribution >= 4 is 55.9 Å². The Morgan fingerprint density at radius 1 is 1.06 bits per heavy atom. The molecule has 10 heteroatoms. The number of hydrogen-bond donors (Lipinski definition) is 1. The second kappa shape index (κ2) is 9.94. The molecule has 1 aliphatic rings. The smallest absolute Gasteiger partial charge is 0.236 e. The Morgan fingerprint density at radius 3 is 2.62 bits per heavy atom. The van der Waals surface area contributed by atoms with Crippen molar-refractivity contribution in [1.29, 1.82) is 0 Å². The van der Waals surface area contributed by atoms with E-state index in [-0.39, 0.29) is 17.5 Å². The molecule has 0 spiro atoms. The average Bonchev–Trinajstić information content (AvgIpc) is 3.25. The number of nitrogens with one attached hydrogen (secondary N) is 1. The molecule has 7 nitrogen and oxygen atoms in total. The van der Waals surface area contributed by atoms with Crippen LogP contribution in [0.15, 0.2) is 59.9 Å². The van der Waals surface area contributed by atoms with Gasteiger partial charge in [0.2, 0.25) is 5.91 Å². The van der Waals surface area contributed by atoms with E-state index in [4.69, 9.17) is 0 Å². The zero-order valence-corrected chi connectivity index (χ0v) is 20.2. The van der Waals surface area contributed by atoms with Crippen LogP contribution in [0.4, 0.5) is 21.0 Å². The summed E-state index contributed by atoms with van der Waals surface area (Å²) < 4.78 is 14.2. The lowest BCUT2D eigenvalue weighted by molar-refractivity contribution is -0.113. The number of amides is 1. The molecule has 0 saturated carbocycles. The minimum Gasteiger partial charge on any atom is -0.368 e. The molecule has 5 rings (SSSR count). The molecule has 1 aliphatic heterocycles. The number of carbonyl (C=O) groups excluding carboxylic acids is 1. The Balaban J connectivity index is 1.15. The molecule has 0 radical (unpaired) electrons. The van der Waals surface area contributed by atoms with Gasteiger partial charge in [0.05, 0.1) is 16.0 Å². The number of anilines is 3. The number of fused-ring (bicyclic) bond motifs is 1. The van der Waals surface area contributed by atoms with Gasteiger partial charge in [-0.3, -0.25) is 4.79 Å². The Bertz CT molecular complexity index is 1300. The summed E-state index contributed by atoms with van der Waals surface area (Å²) in [6.45, 7) is 5.28. The quantitative estimate of drug-likeness (QED) is 0.310. The van der Waals surface area contributed by atoms with Crippen LogP contribution in [0.2, 0.25) is 0 Å². The van der Waals surface area contributed by atoms with Crippen LogP contribution >= 0.6 is 23.1 Å². The SMILES string of the molecule is Cc1ccc2nc(NC(=O)CSc3cc(N4CCN(c5ccc(F)cc5)CC4)ncn3)sc2c1. The summed E-state index contributed by atoms with van der Waals surface area (Å²) >= 11 is 2.85.